The normalized spacial score (nSPS) is 22.0. The van der Waals surface area contributed by atoms with Gasteiger partial charge in [0.2, 0.25) is 0 Å². The average molecular weight is 317 g/mol. The van der Waals surface area contributed by atoms with E-state index in [4.69, 9.17) is 4.74 Å². The van der Waals surface area contributed by atoms with Crippen LogP contribution in [-0.4, -0.2) is 47.4 Å². The molecule has 22 heavy (non-hydrogen) atoms. The van der Waals surface area contributed by atoms with Gasteiger partial charge in [-0.1, -0.05) is 18.2 Å². The number of hydrogen-bond donors (Lipinski definition) is 1. The lowest BCUT2D eigenvalue weighted by atomic mass is 10.0. The number of rotatable bonds is 3. The molecule has 0 spiro atoms. The SMILES string of the molecule is Cc1cccc(C)c1OCC(=O)N1CC[C@](O)(C(F)(F)F)C1. The van der Waals surface area contributed by atoms with Crippen LogP contribution in [0.1, 0.15) is 17.5 Å². The monoisotopic (exact) mass is 317 g/mol. The van der Waals surface area contributed by atoms with E-state index in [0.29, 0.717) is 5.75 Å². The summed E-state index contributed by atoms with van der Waals surface area (Å²) in [6.07, 6.45) is -5.25. The van der Waals surface area contributed by atoms with Gasteiger partial charge in [0.25, 0.3) is 5.91 Å². The van der Waals surface area contributed by atoms with Crippen LogP contribution in [0.3, 0.4) is 0 Å². The highest BCUT2D eigenvalue weighted by Crippen LogP contribution is 2.37. The van der Waals surface area contributed by atoms with Crippen molar-refractivity contribution in [1.82, 2.24) is 4.90 Å². The van der Waals surface area contributed by atoms with E-state index >= 15 is 0 Å². The zero-order valence-corrected chi connectivity index (χ0v) is 12.4. The lowest BCUT2D eigenvalue weighted by molar-refractivity contribution is -0.253. The zero-order chi connectivity index (χ0) is 16.5. The molecule has 122 valence electrons. The van der Waals surface area contributed by atoms with Crippen LogP contribution in [0.15, 0.2) is 18.2 Å². The predicted octanol–water partition coefficient (Wildman–Crippen LogP) is 2.21. The summed E-state index contributed by atoms with van der Waals surface area (Å²) >= 11 is 0. The molecule has 7 heteroatoms. The number of carbonyl (C=O) groups is 1. The van der Waals surface area contributed by atoms with Gasteiger partial charge in [-0.2, -0.15) is 13.2 Å². The van der Waals surface area contributed by atoms with Crippen LogP contribution in [-0.2, 0) is 4.79 Å². The van der Waals surface area contributed by atoms with E-state index in [-0.39, 0.29) is 13.2 Å². The maximum atomic E-state index is 12.7. The van der Waals surface area contributed by atoms with Gasteiger partial charge >= 0.3 is 6.18 Å². The molecule has 1 fully saturated rings. The first-order valence-corrected chi connectivity index (χ1v) is 6.90. The van der Waals surface area contributed by atoms with E-state index in [2.05, 4.69) is 0 Å². The van der Waals surface area contributed by atoms with Gasteiger partial charge in [0.15, 0.2) is 12.2 Å². The van der Waals surface area contributed by atoms with Gasteiger partial charge in [0.05, 0.1) is 6.54 Å². The molecule has 0 radical (unpaired) electrons. The molecule has 1 heterocycles. The Morgan fingerprint density at radius 3 is 2.45 bits per heavy atom. The highest BCUT2D eigenvalue weighted by Gasteiger charge is 2.57. The average Bonchev–Trinajstić information content (AvgIpc) is 2.81. The number of carbonyl (C=O) groups excluding carboxylic acids is 1. The molecule has 4 nitrogen and oxygen atoms in total. The largest absolute Gasteiger partial charge is 0.483 e. The van der Waals surface area contributed by atoms with Crippen molar-refractivity contribution in [3.05, 3.63) is 29.3 Å². The van der Waals surface area contributed by atoms with Crippen LogP contribution < -0.4 is 4.74 Å². The number of para-hydroxylation sites is 1. The summed E-state index contributed by atoms with van der Waals surface area (Å²) in [5.41, 5.74) is -1.12. The molecule has 0 aromatic heterocycles. The van der Waals surface area contributed by atoms with Crippen LogP contribution in [0.4, 0.5) is 13.2 Å². The second-order valence-corrected chi connectivity index (χ2v) is 5.60. The van der Waals surface area contributed by atoms with Crippen LogP contribution in [0.25, 0.3) is 0 Å². The van der Waals surface area contributed by atoms with E-state index in [1.54, 1.807) is 0 Å². The first-order valence-electron chi connectivity index (χ1n) is 6.90. The molecule has 2 rings (SSSR count). The van der Waals surface area contributed by atoms with Gasteiger partial charge in [-0.15, -0.1) is 0 Å². The van der Waals surface area contributed by atoms with Crippen LogP contribution in [0.5, 0.6) is 5.75 Å². The van der Waals surface area contributed by atoms with E-state index < -0.39 is 30.7 Å². The quantitative estimate of drug-likeness (QED) is 0.930. The highest BCUT2D eigenvalue weighted by atomic mass is 19.4. The Morgan fingerprint density at radius 2 is 1.95 bits per heavy atom. The van der Waals surface area contributed by atoms with E-state index in [1.807, 2.05) is 32.0 Å². The fourth-order valence-electron chi connectivity index (χ4n) is 2.49. The number of alkyl halides is 3. The molecule has 0 bridgehead atoms. The molecule has 1 saturated heterocycles. The Kier molecular flexibility index (Phi) is 4.37. The third-order valence-corrected chi connectivity index (χ3v) is 3.88. The number of aliphatic hydroxyl groups is 1. The third-order valence-electron chi connectivity index (χ3n) is 3.88. The maximum absolute atomic E-state index is 12.7. The number of ether oxygens (including phenoxy) is 1. The van der Waals surface area contributed by atoms with Crippen molar-refractivity contribution in [2.24, 2.45) is 0 Å². The lowest BCUT2D eigenvalue weighted by Crippen LogP contribution is -2.48. The first-order chi connectivity index (χ1) is 10.1. The highest BCUT2D eigenvalue weighted by molar-refractivity contribution is 5.78. The Labute approximate surface area is 126 Å². The van der Waals surface area contributed by atoms with E-state index in [1.165, 1.54) is 0 Å². The molecule has 1 aromatic carbocycles. The second-order valence-electron chi connectivity index (χ2n) is 5.60. The van der Waals surface area contributed by atoms with Gasteiger partial charge in [0, 0.05) is 13.0 Å². The first kappa shape index (κ1) is 16.6. The molecule has 1 N–H and O–H groups in total. The minimum absolute atomic E-state index is 0.134. The number of likely N-dealkylation sites (tertiary alicyclic amines) is 1. The molecule has 0 saturated carbocycles. The van der Waals surface area contributed by atoms with Crippen molar-refractivity contribution in [2.45, 2.75) is 32.0 Å². The predicted molar refractivity (Wildman–Crippen MR) is 73.6 cm³/mol. The summed E-state index contributed by atoms with van der Waals surface area (Å²) < 4.78 is 43.6. The Morgan fingerprint density at radius 1 is 1.36 bits per heavy atom. The van der Waals surface area contributed by atoms with Gasteiger partial charge in [-0.25, -0.2) is 0 Å². The van der Waals surface area contributed by atoms with E-state index in [0.717, 1.165) is 16.0 Å². The fourth-order valence-corrected chi connectivity index (χ4v) is 2.49. The minimum Gasteiger partial charge on any atom is -0.483 e. The fraction of sp³-hybridized carbons (Fsp3) is 0.533. The topological polar surface area (TPSA) is 49.8 Å². The summed E-state index contributed by atoms with van der Waals surface area (Å²) in [4.78, 5) is 13.0. The second kappa shape index (κ2) is 5.79. The Balaban J connectivity index is 1.97. The molecular weight excluding hydrogens is 299 g/mol. The Hall–Kier alpha value is -1.76. The number of nitrogens with zero attached hydrogens (tertiary/aromatic N) is 1. The van der Waals surface area contributed by atoms with Crippen LogP contribution >= 0.6 is 0 Å². The zero-order valence-electron chi connectivity index (χ0n) is 12.4. The van der Waals surface area contributed by atoms with Crippen LogP contribution in [0, 0.1) is 13.8 Å². The smallest absolute Gasteiger partial charge is 0.419 e. The molecule has 1 aliphatic rings. The Bertz CT molecular complexity index is 553. The molecule has 0 aliphatic carbocycles. The molecule has 1 aromatic rings. The van der Waals surface area contributed by atoms with Crippen molar-refractivity contribution < 1.29 is 27.8 Å². The van der Waals surface area contributed by atoms with Crippen molar-refractivity contribution in [3.8, 4) is 5.75 Å². The molecular formula is C15H18F3NO3. The van der Waals surface area contributed by atoms with Crippen molar-refractivity contribution in [2.75, 3.05) is 19.7 Å². The number of β-amino-alcohol motifs (C(OH)–C–C–N with tert-alkyl or cyclic N) is 1. The summed E-state index contributed by atoms with van der Waals surface area (Å²) in [6, 6.07) is 5.50. The molecule has 1 aliphatic heterocycles. The molecule has 1 atom stereocenters. The van der Waals surface area contributed by atoms with Gasteiger partial charge in [-0.05, 0) is 25.0 Å². The number of benzene rings is 1. The van der Waals surface area contributed by atoms with Gasteiger partial charge in [-0.3, -0.25) is 4.79 Å². The molecule has 1 amide bonds. The lowest BCUT2D eigenvalue weighted by Gasteiger charge is -2.26. The van der Waals surface area contributed by atoms with Crippen molar-refractivity contribution >= 4 is 5.91 Å². The van der Waals surface area contributed by atoms with Crippen molar-refractivity contribution in [1.29, 1.82) is 0 Å². The number of aryl methyl sites for hydroxylation is 2. The minimum atomic E-state index is -4.74. The number of halogens is 3. The summed E-state index contributed by atoms with van der Waals surface area (Å²) in [5, 5.41) is 9.56. The summed E-state index contributed by atoms with van der Waals surface area (Å²) in [5.74, 6) is -0.0102. The number of hydrogen-bond acceptors (Lipinski definition) is 3. The summed E-state index contributed by atoms with van der Waals surface area (Å²) in [6.45, 7) is 2.42. The van der Waals surface area contributed by atoms with Gasteiger partial charge < -0.3 is 14.7 Å². The standard InChI is InChI=1S/C15H18F3NO3/c1-10-4-3-5-11(2)13(10)22-8-12(20)19-7-6-14(21,9-19)15(16,17)18/h3-5,21H,6-9H2,1-2H3/t14-/m1/s1. The maximum Gasteiger partial charge on any atom is 0.419 e. The summed E-state index contributed by atoms with van der Waals surface area (Å²) in [7, 11) is 0. The van der Waals surface area contributed by atoms with Crippen molar-refractivity contribution in [3.63, 3.8) is 0 Å². The molecule has 0 unspecified atom stereocenters. The van der Waals surface area contributed by atoms with Gasteiger partial charge in [0.1, 0.15) is 5.75 Å². The van der Waals surface area contributed by atoms with Crippen LogP contribution in [0.2, 0.25) is 0 Å². The third kappa shape index (κ3) is 3.19. The number of amides is 1. The van der Waals surface area contributed by atoms with E-state index in [9.17, 15) is 23.1 Å².